The first-order chi connectivity index (χ1) is 16.9. The highest BCUT2D eigenvalue weighted by Gasteiger charge is 2.25. The minimum absolute atomic E-state index is 0.0107. The third-order valence-corrected chi connectivity index (χ3v) is 5.95. The molecule has 5 N–H and O–H groups in total. The first kappa shape index (κ1) is 22.6. The molecular weight excluding hydrogens is 461 g/mol. The number of hydrogen-bond donors (Lipinski definition) is 4. The van der Waals surface area contributed by atoms with Gasteiger partial charge in [0.2, 0.25) is 5.95 Å². The molecule has 0 radical (unpaired) electrons. The van der Waals surface area contributed by atoms with Gasteiger partial charge >= 0.3 is 0 Å². The van der Waals surface area contributed by atoms with Gasteiger partial charge in [-0.3, -0.25) is 4.79 Å². The van der Waals surface area contributed by atoms with Crippen molar-refractivity contribution in [2.24, 2.45) is 0 Å². The smallest absolute Gasteiger partial charge is 0.270 e. The van der Waals surface area contributed by atoms with Gasteiger partial charge in [0, 0.05) is 41.5 Å². The van der Waals surface area contributed by atoms with Crippen molar-refractivity contribution < 1.29 is 18.0 Å². The second-order valence-corrected chi connectivity index (χ2v) is 8.38. The van der Waals surface area contributed by atoms with E-state index in [1.807, 2.05) is 0 Å². The van der Waals surface area contributed by atoms with E-state index < -0.39 is 17.5 Å². The summed E-state index contributed by atoms with van der Waals surface area (Å²) in [5.74, 6) is -2.40. The van der Waals surface area contributed by atoms with E-state index in [9.17, 15) is 18.0 Å². The molecule has 0 saturated heterocycles. The average Bonchev–Trinajstić information content (AvgIpc) is 3.25. The van der Waals surface area contributed by atoms with E-state index >= 15 is 0 Å². The molecule has 0 unspecified atom stereocenters. The van der Waals surface area contributed by atoms with Gasteiger partial charge in [-0.15, -0.1) is 0 Å². The number of nitrogens with zero attached hydrogens (tertiary/aromatic N) is 4. The summed E-state index contributed by atoms with van der Waals surface area (Å²) in [5, 5.41) is 6.28. The number of rotatable bonds is 5. The molecule has 0 aliphatic heterocycles. The van der Waals surface area contributed by atoms with Gasteiger partial charge in [0.15, 0.2) is 17.5 Å². The SMILES string of the molecule is Nc1nccc(C(=O)N[C@@H]2CCC[C@H](Nc3nc(-c4c[nH]c5c(F)cc(F)cc45)ncc3F)C2)n1. The van der Waals surface area contributed by atoms with E-state index in [1.54, 1.807) is 0 Å². The van der Waals surface area contributed by atoms with Crippen LogP contribution in [0.3, 0.4) is 0 Å². The highest BCUT2D eigenvalue weighted by atomic mass is 19.1. The number of carbonyl (C=O) groups excluding carboxylic acids is 1. The van der Waals surface area contributed by atoms with Crippen molar-refractivity contribution in [3.8, 4) is 11.4 Å². The molecule has 9 nitrogen and oxygen atoms in total. The number of anilines is 2. The van der Waals surface area contributed by atoms with Gasteiger partial charge in [-0.05, 0) is 37.8 Å². The first-order valence-electron chi connectivity index (χ1n) is 11.0. The van der Waals surface area contributed by atoms with Crippen LogP contribution in [0, 0.1) is 17.5 Å². The molecule has 2 atom stereocenters. The zero-order valence-electron chi connectivity index (χ0n) is 18.4. The normalized spacial score (nSPS) is 17.9. The fraction of sp³-hybridized carbons (Fsp3) is 0.261. The minimum atomic E-state index is -0.744. The summed E-state index contributed by atoms with van der Waals surface area (Å²) < 4.78 is 42.4. The summed E-state index contributed by atoms with van der Waals surface area (Å²) >= 11 is 0. The number of nitrogen functional groups attached to an aromatic ring is 1. The second-order valence-electron chi connectivity index (χ2n) is 8.38. The van der Waals surface area contributed by atoms with Crippen molar-refractivity contribution in [2.75, 3.05) is 11.1 Å². The van der Waals surface area contributed by atoms with Crippen LogP contribution in [-0.2, 0) is 0 Å². The molecule has 4 aromatic rings. The molecule has 3 heterocycles. The summed E-state index contributed by atoms with van der Waals surface area (Å²) in [6, 6.07) is 3.10. The van der Waals surface area contributed by atoms with Crippen molar-refractivity contribution in [3.63, 3.8) is 0 Å². The molecule has 35 heavy (non-hydrogen) atoms. The molecule has 12 heteroatoms. The molecule has 180 valence electrons. The average molecular weight is 482 g/mol. The molecule has 1 aliphatic carbocycles. The summed E-state index contributed by atoms with van der Waals surface area (Å²) in [5.41, 5.74) is 6.18. The van der Waals surface area contributed by atoms with Gasteiger partial charge in [0.25, 0.3) is 5.91 Å². The lowest BCUT2D eigenvalue weighted by atomic mass is 9.91. The molecule has 0 bridgehead atoms. The van der Waals surface area contributed by atoms with Crippen molar-refractivity contribution in [3.05, 3.63) is 59.9 Å². The maximum absolute atomic E-state index is 14.6. The number of halogens is 3. The number of nitrogens with two attached hydrogens (primary N) is 1. The quantitative estimate of drug-likeness (QED) is 0.342. The summed E-state index contributed by atoms with van der Waals surface area (Å²) in [6.07, 6.45) is 6.72. The van der Waals surface area contributed by atoms with Gasteiger partial charge in [0.1, 0.15) is 17.3 Å². The minimum Gasteiger partial charge on any atom is -0.368 e. The largest absolute Gasteiger partial charge is 0.368 e. The predicted molar refractivity (Wildman–Crippen MR) is 123 cm³/mol. The Hall–Kier alpha value is -4.22. The van der Waals surface area contributed by atoms with E-state index in [4.69, 9.17) is 5.73 Å². The lowest BCUT2D eigenvalue weighted by Gasteiger charge is -2.30. The van der Waals surface area contributed by atoms with Crippen LogP contribution in [-0.4, -0.2) is 42.9 Å². The van der Waals surface area contributed by atoms with E-state index in [1.165, 1.54) is 24.5 Å². The Balaban J connectivity index is 1.32. The number of hydrogen-bond acceptors (Lipinski definition) is 7. The van der Waals surface area contributed by atoms with Crippen LogP contribution in [0.1, 0.15) is 36.2 Å². The molecule has 1 fully saturated rings. The van der Waals surface area contributed by atoms with Crippen molar-refractivity contribution in [1.29, 1.82) is 0 Å². The number of benzene rings is 1. The number of aromatic amines is 1. The Morgan fingerprint density at radius 1 is 1.09 bits per heavy atom. The lowest BCUT2D eigenvalue weighted by molar-refractivity contribution is 0.0921. The molecule has 1 amide bonds. The number of amides is 1. The maximum Gasteiger partial charge on any atom is 0.270 e. The fourth-order valence-electron chi connectivity index (χ4n) is 4.34. The topological polar surface area (TPSA) is 134 Å². The van der Waals surface area contributed by atoms with Crippen molar-refractivity contribution in [2.45, 2.75) is 37.8 Å². The van der Waals surface area contributed by atoms with E-state index in [0.717, 1.165) is 31.5 Å². The Kier molecular flexibility index (Phi) is 5.93. The van der Waals surface area contributed by atoms with Gasteiger partial charge in [-0.2, -0.15) is 0 Å². The van der Waals surface area contributed by atoms with E-state index in [-0.39, 0.29) is 52.2 Å². The molecule has 0 spiro atoms. The molecule has 1 aliphatic rings. The Labute approximate surface area is 197 Å². The molecule has 3 aromatic heterocycles. The third-order valence-electron chi connectivity index (χ3n) is 5.95. The number of nitrogens with one attached hydrogen (secondary N) is 3. The Morgan fingerprint density at radius 3 is 2.74 bits per heavy atom. The van der Waals surface area contributed by atoms with Crippen LogP contribution in [0.5, 0.6) is 0 Å². The summed E-state index contributed by atoms with van der Waals surface area (Å²) in [4.78, 5) is 31.2. The molecule has 5 rings (SSSR count). The summed E-state index contributed by atoms with van der Waals surface area (Å²) in [6.45, 7) is 0. The monoisotopic (exact) mass is 482 g/mol. The van der Waals surface area contributed by atoms with Gasteiger partial charge in [-0.1, -0.05) is 0 Å². The highest BCUT2D eigenvalue weighted by molar-refractivity contribution is 5.94. The number of carbonyl (C=O) groups is 1. The second kappa shape index (κ2) is 9.20. The van der Waals surface area contributed by atoms with Crippen molar-refractivity contribution in [1.82, 2.24) is 30.2 Å². The standard InChI is InChI=1S/C23H21F3N8O/c24-11-6-14-15(9-29-19(14)16(25)7-11)20-30-10-17(26)21(34-20)31-12-2-1-3-13(8-12)32-22(35)18-4-5-28-23(27)33-18/h4-7,9-10,12-13,29H,1-3,8H2,(H,32,35)(H2,27,28,33)(H,30,31,34)/t12-,13+/m0/s1. The zero-order valence-corrected chi connectivity index (χ0v) is 18.4. The van der Waals surface area contributed by atoms with Crippen LogP contribution in [0.2, 0.25) is 0 Å². The van der Waals surface area contributed by atoms with Gasteiger partial charge < -0.3 is 21.4 Å². The molecule has 1 saturated carbocycles. The molecular formula is C23H21F3N8O. The summed E-state index contributed by atoms with van der Waals surface area (Å²) in [7, 11) is 0. The van der Waals surface area contributed by atoms with Crippen molar-refractivity contribution >= 4 is 28.6 Å². The van der Waals surface area contributed by atoms with Crippen LogP contribution in [0.25, 0.3) is 22.3 Å². The van der Waals surface area contributed by atoms with Gasteiger partial charge in [0.05, 0.1) is 11.7 Å². The maximum atomic E-state index is 14.6. The van der Waals surface area contributed by atoms with Crippen LogP contribution in [0.4, 0.5) is 24.9 Å². The van der Waals surface area contributed by atoms with Crippen LogP contribution in [0.15, 0.2) is 36.8 Å². The Bertz CT molecular complexity index is 1410. The first-order valence-corrected chi connectivity index (χ1v) is 11.0. The number of aromatic nitrogens is 5. The Morgan fingerprint density at radius 2 is 1.91 bits per heavy atom. The molecule has 1 aromatic carbocycles. The number of H-pyrrole nitrogens is 1. The van der Waals surface area contributed by atoms with Crippen LogP contribution < -0.4 is 16.4 Å². The van der Waals surface area contributed by atoms with E-state index in [0.29, 0.717) is 12.0 Å². The zero-order chi connectivity index (χ0) is 24.5. The fourth-order valence-corrected chi connectivity index (χ4v) is 4.34. The number of fused-ring (bicyclic) bond motifs is 1. The predicted octanol–water partition coefficient (Wildman–Crippen LogP) is 3.57. The van der Waals surface area contributed by atoms with Crippen LogP contribution >= 0.6 is 0 Å². The highest BCUT2D eigenvalue weighted by Crippen LogP contribution is 2.30. The van der Waals surface area contributed by atoms with E-state index in [2.05, 4.69) is 35.6 Å². The lowest BCUT2D eigenvalue weighted by Crippen LogP contribution is -2.42. The van der Waals surface area contributed by atoms with Gasteiger partial charge in [-0.25, -0.2) is 33.1 Å². The third kappa shape index (κ3) is 4.72.